The van der Waals surface area contributed by atoms with Crippen molar-refractivity contribution >= 4 is 26.0 Å². The second-order valence-electron chi connectivity index (χ2n) is 3.77. The lowest BCUT2D eigenvalue weighted by atomic mass is 10.2. The van der Waals surface area contributed by atoms with Gasteiger partial charge in [0.25, 0.3) is 0 Å². The minimum Gasteiger partial charge on any atom is -0.208 e. The molecule has 1 unspecified atom stereocenters. The van der Waals surface area contributed by atoms with E-state index in [0.29, 0.717) is 4.90 Å². The van der Waals surface area contributed by atoms with Crippen LogP contribution in [-0.2, 0) is 10.0 Å². The fraction of sp³-hybridized carbons (Fsp3) is 0.455. The quantitative estimate of drug-likeness (QED) is 0.849. The van der Waals surface area contributed by atoms with Crippen LogP contribution in [0.5, 0.6) is 0 Å². The third-order valence-corrected chi connectivity index (χ3v) is 4.49. The highest BCUT2D eigenvalue weighted by Gasteiger charge is 2.18. The van der Waals surface area contributed by atoms with Gasteiger partial charge in [-0.2, -0.15) is 0 Å². The molecule has 0 aliphatic rings. The number of aryl methyl sites for hydroxylation is 1. The number of sulfonamides is 1. The molecule has 0 aliphatic carbocycles. The lowest BCUT2D eigenvalue weighted by molar-refractivity contribution is 0.557. The summed E-state index contributed by atoms with van der Waals surface area (Å²) in [4.78, 5) is 0.358. The monoisotopic (exact) mass is 305 g/mol. The molecule has 0 heterocycles. The Bertz CT molecular complexity index is 445. The van der Waals surface area contributed by atoms with Crippen molar-refractivity contribution in [1.82, 2.24) is 4.72 Å². The Kier molecular flexibility index (Phi) is 4.95. The summed E-state index contributed by atoms with van der Waals surface area (Å²) in [7, 11) is -3.38. The number of nitrogens with one attached hydrogen (secondary N) is 1. The lowest BCUT2D eigenvalue weighted by Gasteiger charge is -2.14. The first kappa shape index (κ1) is 13.7. The van der Waals surface area contributed by atoms with Crippen molar-refractivity contribution in [1.29, 1.82) is 0 Å². The summed E-state index contributed by atoms with van der Waals surface area (Å²) in [5, 5.41) is 0.782. The molecular weight excluding hydrogens is 290 g/mol. The molecule has 1 N–H and O–H groups in total. The minimum atomic E-state index is -3.38. The first-order chi connectivity index (χ1) is 7.47. The Morgan fingerprint density at radius 2 is 2.00 bits per heavy atom. The van der Waals surface area contributed by atoms with Crippen molar-refractivity contribution in [3.8, 4) is 0 Å². The van der Waals surface area contributed by atoms with Crippen LogP contribution in [0.2, 0.25) is 0 Å². The summed E-state index contributed by atoms with van der Waals surface area (Å²) in [6.45, 7) is 3.65. The summed E-state index contributed by atoms with van der Waals surface area (Å²) in [6, 6.07) is 6.92. The number of hydrogen-bond donors (Lipinski definition) is 1. The average molecular weight is 306 g/mol. The zero-order chi connectivity index (χ0) is 12.2. The first-order valence-electron chi connectivity index (χ1n) is 5.11. The van der Waals surface area contributed by atoms with Gasteiger partial charge in [0.2, 0.25) is 10.0 Å². The van der Waals surface area contributed by atoms with Crippen molar-refractivity contribution in [2.24, 2.45) is 0 Å². The molecule has 1 aromatic carbocycles. The molecule has 0 fully saturated rings. The Labute approximate surface area is 105 Å². The van der Waals surface area contributed by atoms with E-state index in [1.54, 1.807) is 25.1 Å². The fourth-order valence-electron chi connectivity index (χ4n) is 1.41. The van der Waals surface area contributed by atoms with Gasteiger partial charge < -0.3 is 0 Å². The average Bonchev–Trinajstić information content (AvgIpc) is 2.17. The number of hydrogen-bond acceptors (Lipinski definition) is 2. The Morgan fingerprint density at radius 3 is 2.56 bits per heavy atom. The summed E-state index contributed by atoms with van der Waals surface area (Å²) in [5.74, 6) is 0. The molecule has 90 valence electrons. The number of rotatable bonds is 5. The number of halogens is 1. The van der Waals surface area contributed by atoms with E-state index in [-0.39, 0.29) is 6.04 Å². The molecule has 0 saturated carbocycles. The van der Waals surface area contributed by atoms with Gasteiger partial charge in [0.1, 0.15) is 0 Å². The van der Waals surface area contributed by atoms with Gasteiger partial charge in [-0.25, -0.2) is 13.1 Å². The smallest absolute Gasteiger partial charge is 0.208 e. The maximum Gasteiger partial charge on any atom is 0.241 e. The van der Waals surface area contributed by atoms with Gasteiger partial charge in [-0.3, -0.25) is 0 Å². The van der Waals surface area contributed by atoms with E-state index in [0.717, 1.165) is 17.3 Å². The molecule has 0 bridgehead atoms. The van der Waals surface area contributed by atoms with Crippen LogP contribution >= 0.6 is 15.9 Å². The SMILES string of the molecule is Cc1ccccc1S(=O)(=O)NC(C)CCBr. The maximum atomic E-state index is 12.0. The molecule has 1 atom stereocenters. The highest BCUT2D eigenvalue weighted by Crippen LogP contribution is 2.14. The van der Waals surface area contributed by atoms with Gasteiger partial charge in [-0.15, -0.1) is 0 Å². The maximum absolute atomic E-state index is 12.0. The molecular formula is C11H16BrNO2S. The molecule has 0 radical (unpaired) electrons. The van der Waals surface area contributed by atoms with Gasteiger partial charge in [-0.1, -0.05) is 34.1 Å². The predicted molar refractivity (Wildman–Crippen MR) is 69.4 cm³/mol. The third kappa shape index (κ3) is 3.57. The van der Waals surface area contributed by atoms with Crippen LogP contribution in [-0.4, -0.2) is 19.8 Å². The predicted octanol–water partition coefficient (Wildman–Crippen LogP) is 2.45. The standard InChI is InChI=1S/C11H16BrNO2S/c1-9-5-3-4-6-11(9)16(14,15)13-10(2)7-8-12/h3-6,10,13H,7-8H2,1-2H3. The number of benzene rings is 1. The highest BCUT2D eigenvalue weighted by atomic mass is 79.9. The summed E-state index contributed by atoms with van der Waals surface area (Å²) in [6.07, 6.45) is 0.769. The van der Waals surface area contributed by atoms with Crippen LogP contribution in [0.25, 0.3) is 0 Å². The van der Waals surface area contributed by atoms with Gasteiger partial charge in [0.15, 0.2) is 0 Å². The first-order valence-corrected chi connectivity index (χ1v) is 7.72. The van der Waals surface area contributed by atoms with Crippen molar-refractivity contribution in [3.63, 3.8) is 0 Å². The molecule has 0 aliphatic heterocycles. The van der Waals surface area contributed by atoms with E-state index in [4.69, 9.17) is 0 Å². The molecule has 0 saturated heterocycles. The van der Waals surface area contributed by atoms with Crippen LogP contribution in [0.15, 0.2) is 29.2 Å². The molecule has 0 spiro atoms. The Balaban J connectivity index is 2.91. The van der Waals surface area contributed by atoms with Crippen LogP contribution in [0.3, 0.4) is 0 Å². The van der Waals surface area contributed by atoms with Gasteiger partial charge in [0, 0.05) is 11.4 Å². The molecule has 5 heteroatoms. The van der Waals surface area contributed by atoms with Gasteiger partial charge >= 0.3 is 0 Å². The Hall–Kier alpha value is -0.390. The Morgan fingerprint density at radius 1 is 1.38 bits per heavy atom. The van der Waals surface area contributed by atoms with Gasteiger partial charge in [-0.05, 0) is 31.9 Å². The summed E-state index contributed by atoms with van der Waals surface area (Å²) >= 11 is 3.29. The van der Waals surface area contributed by atoms with Crippen molar-refractivity contribution < 1.29 is 8.42 Å². The molecule has 1 rings (SSSR count). The molecule has 3 nitrogen and oxygen atoms in total. The largest absolute Gasteiger partial charge is 0.241 e. The van der Waals surface area contributed by atoms with Crippen molar-refractivity contribution in [2.45, 2.75) is 31.2 Å². The van der Waals surface area contributed by atoms with E-state index in [1.165, 1.54) is 0 Å². The van der Waals surface area contributed by atoms with Gasteiger partial charge in [0.05, 0.1) is 4.90 Å². The third-order valence-electron chi connectivity index (χ3n) is 2.28. The molecule has 16 heavy (non-hydrogen) atoms. The van der Waals surface area contributed by atoms with E-state index in [1.807, 2.05) is 13.0 Å². The van der Waals surface area contributed by atoms with Crippen LogP contribution in [0, 0.1) is 6.92 Å². The van der Waals surface area contributed by atoms with Crippen LogP contribution < -0.4 is 4.72 Å². The van der Waals surface area contributed by atoms with Crippen molar-refractivity contribution in [3.05, 3.63) is 29.8 Å². The summed E-state index contributed by atoms with van der Waals surface area (Å²) < 4.78 is 26.7. The normalized spacial score (nSPS) is 13.7. The molecule has 1 aromatic rings. The zero-order valence-electron chi connectivity index (χ0n) is 9.40. The zero-order valence-corrected chi connectivity index (χ0v) is 11.8. The highest BCUT2D eigenvalue weighted by molar-refractivity contribution is 9.09. The van der Waals surface area contributed by atoms with Crippen LogP contribution in [0.1, 0.15) is 18.9 Å². The summed E-state index contributed by atoms with van der Waals surface area (Å²) in [5.41, 5.74) is 0.765. The molecule has 0 aromatic heterocycles. The lowest BCUT2D eigenvalue weighted by Crippen LogP contribution is -2.33. The van der Waals surface area contributed by atoms with E-state index < -0.39 is 10.0 Å². The minimum absolute atomic E-state index is 0.0658. The van der Waals surface area contributed by atoms with Crippen molar-refractivity contribution in [2.75, 3.05) is 5.33 Å². The fourth-order valence-corrected chi connectivity index (χ4v) is 3.62. The topological polar surface area (TPSA) is 46.2 Å². The van der Waals surface area contributed by atoms with E-state index >= 15 is 0 Å². The van der Waals surface area contributed by atoms with E-state index in [2.05, 4.69) is 20.7 Å². The van der Waals surface area contributed by atoms with E-state index in [9.17, 15) is 8.42 Å². The second-order valence-corrected chi connectivity index (χ2v) is 6.24. The second kappa shape index (κ2) is 5.80. The number of alkyl halides is 1. The molecule has 0 amide bonds. The van der Waals surface area contributed by atoms with Crippen LogP contribution in [0.4, 0.5) is 0 Å².